The number of methoxy groups -OCH3 is 1. The highest BCUT2D eigenvalue weighted by Crippen LogP contribution is 2.12. The minimum Gasteiger partial charge on any atom is -0.468 e. The number of ether oxygens (including phenoxy) is 1. The summed E-state index contributed by atoms with van der Waals surface area (Å²) in [7, 11) is 1.70. The van der Waals surface area contributed by atoms with Gasteiger partial charge in [-0.25, -0.2) is 0 Å². The third kappa shape index (κ3) is 3.20. The number of nitrogens with one attached hydrogen (secondary N) is 1. The maximum atomic E-state index is 5.27. The molecule has 0 aliphatic heterocycles. The molecule has 2 atom stereocenters. The summed E-state index contributed by atoms with van der Waals surface area (Å²) in [6.07, 6.45) is 1.69. The average Bonchev–Trinajstić information content (AvgIpc) is 2.55. The van der Waals surface area contributed by atoms with Gasteiger partial charge in [-0.2, -0.15) is 0 Å². The van der Waals surface area contributed by atoms with E-state index in [1.54, 1.807) is 13.4 Å². The molecule has 0 fully saturated rings. The van der Waals surface area contributed by atoms with Crippen molar-refractivity contribution in [1.82, 2.24) is 5.32 Å². The summed E-state index contributed by atoms with van der Waals surface area (Å²) in [5.74, 6) is 0.961. The van der Waals surface area contributed by atoms with Crippen LogP contribution in [-0.2, 0) is 4.74 Å². The molecule has 0 bridgehead atoms. The van der Waals surface area contributed by atoms with E-state index in [-0.39, 0.29) is 6.04 Å². The standard InChI is InChI=1S/C10H17NO2/c1-8(7-12-3)11-9(2)10-5-4-6-13-10/h4-6,8-9,11H,7H2,1-3H3/t8-,9+/m0/s1. The Morgan fingerprint density at radius 1 is 1.54 bits per heavy atom. The van der Waals surface area contributed by atoms with Crippen LogP contribution in [0.15, 0.2) is 22.8 Å². The smallest absolute Gasteiger partial charge is 0.120 e. The predicted molar refractivity (Wildman–Crippen MR) is 51.6 cm³/mol. The van der Waals surface area contributed by atoms with Gasteiger partial charge in [0.1, 0.15) is 5.76 Å². The SMILES string of the molecule is COC[C@H](C)N[C@H](C)c1ccco1. The molecule has 1 N–H and O–H groups in total. The van der Waals surface area contributed by atoms with Gasteiger partial charge in [-0.05, 0) is 26.0 Å². The Morgan fingerprint density at radius 3 is 2.85 bits per heavy atom. The number of hydrogen-bond acceptors (Lipinski definition) is 3. The molecule has 0 saturated heterocycles. The van der Waals surface area contributed by atoms with Crippen molar-refractivity contribution in [1.29, 1.82) is 0 Å². The molecule has 3 heteroatoms. The largest absolute Gasteiger partial charge is 0.468 e. The van der Waals surface area contributed by atoms with Gasteiger partial charge in [-0.1, -0.05) is 0 Å². The van der Waals surface area contributed by atoms with Crippen molar-refractivity contribution in [3.05, 3.63) is 24.2 Å². The van der Waals surface area contributed by atoms with E-state index >= 15 is 0 Å². The topological polar surface area (TPSA) is 34.4 Å². The van der Waals surface area contributed by atoms with Crippen LogP contribution in [0, 0.1) is 0 Å². The van der Waals surface area contributed by atoms with Crippen LogP contribution in [0.5, 0.6) is 0 Å². The van der Waals surface area contributed by atoms with Crippen LogP contribution in [-0.4, -0.2) is 19.8 Å². The summed E-state index contributed by atoms with van der Waals surface area (Å²) >= 11 is 0. The molecule has 0 radical (unpaired) electrons. The minimum atomic E-state index is 0.236. The maximum absolute atomic E-state index is 5.27. The van der Waals surface area contributed by atoms with Gasteiger partial charge in [0.2, 0.25) is 0 Å². The van der Waals surface area contributed by atoms with Gasteiger partial charge in [0.05, 0.1) is 18.9 Å². The first-order chi connectivity index (χ1) is 6.24. The van der Waals surface area contributed by atoms with Gasteiger partial charge in [0, 0.05) is 13.2 Å². The Balaban J connectivity index is 2.37. The number of rotatable bonds is 5. The first-order valence-corrected chi connectivity index (χ1v) is 4.52. The Kier molecular flexibility index (Phi) is 3.99. The molecule has 0 saturated carbocycles. The van der Waals surface area contributed by atoms with E-state index in [0.29, 0.717) is 12.6 Å². The Hall–Kier alpha value is -0.800. The number of furan rings is 1. The van der Waals surface area contributed by atoms with Gasteiger partial charge in [-0.3, -0.25) is 0 Å². The molecule has 0 unspecified atom stereocenters. The third-order valence-electron chi connectivity index (χ3n) is 1.92. The fourth-order valence-corrected chi connectivity index (χ4v) is 1.34. The zero-order valence-electron chi connectivity index (χ0n) is 8.41. The van der Waals surface area contributed by atoms with Crippen molar-refractivity contribution in [3.8, 4) is 0 Å². The molecular formula is C10H17NO2. The molecule has 0 aromatic carbocycles. The van der Waals surface area contributed by atoms with E-state index in [1.807, 2.05) is 12.1 Å². The summed E-state index contributed by atoms with van der Waals surface area (Å²) in [4.78, 5) is 0. The maximum Gasteiger partial charge on any atom is 0.120 e. The Morgan fingerprint density at radius 2 is 2.31 bits per heavy atom. The van der Waals surface area contributed by atoms with E-state index in [4.69, 9.17) is 9.15 Å². The molecule has 0 aliphatic carbocycles. The van der Waals surface area contributed by atoms with E-state index in [1.165, 1.54) is 0 Å². The van der Waals surface area contributed by atoms with Crippen molar-refractivity contribution < 1.29 is 9.15 Å². The summed E-state index contributed by atoms with van der Waals surface area (Å²) < 4.78 is 10.3. The second kappa shape index (κ2) is 5.04. The highest BCUT2D eigenvalue weighted by atomic mass is 16.5. The fraction of sp³-hybridized carbons (Fsp3) is 0.600. The van der Waals surface area contributed by atoms with Crippen molar-refractivity contribution in [3.63, 3.8) is 0 Å². The zero-order valence-corrected chi connectivity index (χ0v) is 8.41. The van der Waals surface area contributed by atoms with Crippen LogP contribution in [0.1, 0.15) is 25.6 Å². The van der Waals surface area contributed by atoms with Gasteiger partial charge in [0.25, 0.3) is 0 Å². The van der Waals surface area contributed by atoms with Gasteiger partial charge < -0.3 is 14.5 Å². The lowest BCUT2D eigenvalue weighted by molar-refractivity contribution is 0.166. The van der Waals surface area contributed by atoms with Gasteiger partial charge in [-0.15, -0.1) is 0 Å². The third-order valence-corrected chi connectivity index (χ3v) is 1.92. The van der Waals surface area contributed by atoms with Crippen LogP contribution in [0.3, 0.4) is 0 Å². The van der Waals surface area contributed by atoms with Crippen LogP contribution >= 0.6 is 0 Å². The van der Waals surface area contributed by atoms with Crippen LogP contribution < -0.4 is 5.32 Å². The molecule has 74 valence electrons. The molecule has 0 aliphatic rings. The van der Waals surface area contributed by atoms with E-state index < -0.39 is 0 Å². The predicted octanol–water partition coefficient (Wildman–Crippen LogP) is 1.97. The van der Waals surface area contributed by atoms with Crippen molar-refractivity contribution in [2.24, 2.45) is 0 Å². The van der Waals surface area contributed by atoms with E-state index in [0.717, 1.165) is 5.76 Å². The molecule has 0 spiro atoms. The molecule has 1 aromatic heterocycles. The second-order valence-corrected chi connectivity index (χ2v) is 3.26. The second-order valence-electron chi connectivity index (χ2n) is 3.26. The Labute approximate surface area is 79.1 Å². The van der Waals surface area contributed by atoms with Crippen molar-refractivity contribution in [2.75, 3.05) is 13.7 Å². The monoisotopic (exact) mass is 183 g/mol. The first-order valence-electron chi connectivity index (χ1n) is 4.52. The van der Waals surface area contributed by atoms with Crippen LogP contribution in [0.4, 0.5) is 0 Å². The molecule has 1 rings (SSSR count). The number of hydrogen-bond donors (Lipinski definition) is 1. The summed E-state index contributed by atoms with van der Waals surface area (Å²) in [5, 5.41) is 3.36. The molecule has 13 heavy (non-hydrogen) atoms. The van der Waals surface area contributed by atoms with E-state index in [9.17, 15) is 0 Å². The lowest BCUT2D eigenvalue weighted by Gasteiger charge is -2.17. The highest BCUT2D eigenvalue weighted by Gasteiger charge is 2.10. The summed E-state index contributed by atoms with van der Waals surface area (Å²) in [5.41, 5.74) is 0. The molecule has 1 heterocycles. The minimum absolute atomic E-state index is 0.236. The molecule has 0 amide bonds. The van der Waals surface area contributed by atoms with Gasteiger partial charge in [0.15, 0.2) is 0 Å². The molecule has 1 aromatic rings. The average molecular weight is 183 g/mol. The van der Waals surface area contributed by atoms with Crippen LogP contribution in [0.2, 0.25) is 0 Å². The highest BCUT2D eigenvalue weighted by molar-refractivity contribution is 5.03. The summed E-state index contributed by atoms with van der Waals surface area (Å²) in [6, 6.07) is 4.44. The summed E-state index contributed by atoms with van der Waals surface area (Å²) in [6.45, 7) is 4.87. The normalized spacial score (nSPS) is 15.6. The van der Waals surface area contributed by atoms with E-state index in [2.05, 4.69) is 19.2 Å². The van der Waals surface area contributed by atoms with Crippen molar-refractivity contribution >= 4 is 0 Å². The van der Waals surface area contributed by atoms with Crippen molar-refractivity contribution in [2.45, 2.75) is 25.9 Å². The van der Waals surface area contributed by atoms with Crippen LogP contribution in [0.25, 0.3) is 0 Å². The quantitative estimate of drug-likeness (QED) is 0.757. The zero-order chi connectivity index (χ0) is 9.68. The molecular weight excluding hydrogens is 166 g/mol. The molecule has 3 nitrogen and oxygen atoms in total. The Bertz CT molecular complexity index is 221. The first kappa shape index (κ1) is 10.3. The van der Waals surface area contributed by atoms with Gasteiger partial charge >= 0.3 is 0 Å². The lowest BCUT2D eigenvalue weighted by atomic mass is 10.2. The fourth-order valence-electron chi connectivity index (χ4n) is 1.34. The lowest BCUT2D eigenvalue weighted by Crippen LogP contribution is -2.32.